The lowest BCUT2D eigenvalue weighted by Gasteiger charge is -2.58. The van der Waals surface area contributed by atoms with Crippen LogP contribution in [0.2, 0.25) is 0 Å². The number of hydrogen-bond donors (Lipinski definition) is 1. The van der Waals surface area contributed by atoms with Gasteiger partial charge in [0.25, 0.3) is 0 Å². The van der Waals surface area contributed by atoms with Gasteiger partial charge in [0.15, 0.2) is 0 Å². The summed E-state index contributed by atoms with van der Waals surface area (Å²) in [6, 6.07) is 0.788. The Hall–Kier alpha value is -0.0800. The maximum absolute atomic E-state index is 11.1. The van der Waals surface area contributed by atoms with Crippen LogP contribution in [0.4, 0.5) is 0 Å². The van der Waals surface area contributed by atoms with Gasteiger partial charge in [0.2, 0.25) is 0 Å². The summed E-state index contributed by atoms with van der Waals surface area (Å²) in [6.45, 7) is 6.75. The fourth-order valence-electron chi connectivity index (χ4n) is 6.28. The highest BCUT2D eigenvalue weighted by Gasteiger charge is 2.54. The van der Waals surface area contributed by atoms with E-state index in [0.717, 1.165) is 30.3 Å². The van der Waals surface area contributed by atoms with E-state index in [-0.39, 0.29) is 6.10 Å². The van der Waals surface area contributed by atoms with Crippen molar-refractivity contribution in [2.75, 3.05) is 13.1 Å². The first-order chi connectivity index (χ1) is 10.0. The second kappa shape index (κ2) is 5.23. The lowest BCUT2D eigenvalue weighted by Crippen LogP contribution is -2.54. The van der Waals surface area contributed by atoms with Gasteiger partial charge >= 0.3 is 0 Å². The van der Waals surface area contributed by atoms with Crippen molar-refractivity contribution in [3.63, 3.8) is 0 Å². The van der Waals surface area contributed by atoms with E-state index in [2.05, 4.69) is 18.7 Å². The summed E-state index contributed by atoms with van der Waals surface area (Å²) in [5, 5.41) is 11.1. The Morgan fingerprint density at radius 2 is 1.48 bits per heavy atom. The Labute approximate surface area is 130 Å². The first-order valence-corrected chi connectivity index (χ1v) is 9.46. The molecule has 2 heteroatoms. The summed E-state index contributed by atoms with van der Waals surface area (Å²) >= 11 is 0. The van der Waals surface area contributed by atoms with Crippen LogP contribution in [-0.4, -0.2) is 35.2 Å². The molecule has 0 radical (unpaired) electrons. The van der Waals surface area contributed by atoms with Gasteiger partial charge in [0.1, 0.15) is 0 Å². The van der Waals surface area contributed by atoms with Crippen molar-refractivity contribution in [1.29, 1.82) is 0 Å². The largest absolute Gasteiger partial charge is 0.391 e. The van der Waals surface area contributed by atoms with Gasteiger partial charge in [0, 0.05) is 19.1 Å². The third-order valence-electron chi connectivity index (χ3n) is 6.86. The zero-order valence-electron chi connectivity index (χ0n) is 13.9. The fraction of sp³-hybridized carbons (Fsp3) is 1.00. The standard InChI is InChI=1S/C19H33NO/c1-13(2)11-20(17-3-4-17)12-18(21)19-8-14-5-15(9-19)7-16(6-14)10-19/h13-18,21H,3-12H2,1-2H3. The Kier molecular flexibility index (Phi) is 3.61. The van der Waals surface area contributed by atoms with Crippen LogP contribution in [0.5, 0.6) is 0 Å². The molecule has 5 aliphatic carbocycles. The second-order valence-corrected chi connectivity index (χ2v) is 9.37. The molecule has 1 N–H and O–H groups in total. The highest BCUT2D eigenvalue weighted by molar-refractivity contribution is 5.05. The smallest absolute Gasteiger partial charge is 0.0723 e. The lowest BCUT2D eigenvalue weighted by molar-refractivity contribution is -0.127. The zero-order valence-corrected chi connectivity index (χ0v) is 13.9. The molecule has 0 spiro atoms. The van der Waals surface area contributed by atoms with E-state index >= 15 is 0 Å². The van der Waals surface area contributed by atoms with Gasteiger partial charge < -0.3 is 5.11 Å². The van der Waals surface area contributed by atoms with Crippen molar-refractivity contribution >= 4 is 0 Å². The number of rotatable bonds is 6. The van der Waals surface area contributed by atoms with E-state index in [9.17, 15) is 5.11 Å². The van der Waals surface area contributed by atoms with Crippen LogP contribution in [0.25, 0.3) is 0 Å². The monoisotopic (exact) mass is 291 g/mol. The molecule has 0 aromatic rings. The van der Waals surface area contributed by atoms with E-state index in [0.29, 0.717) is 11.3 Å². The van der Waals surface area contributed by atoms with Crippen LogP contribution in [0.3, 0.4) is 0 Å². The first-order valence-electron chi connectivity index (χ1n) is 9.46. The maximum atomic E-state index is 11.1. The quantitative estimate of drug-likeness (QED) is 0.807. The maximum Gasteiger partial charge on any atom is 0.0723 e. The molecule has 1 atom stereocenters. The highest BCUT2D eigenvalue weighted by atomic mass is 16.3. The topological polar surface area (TPSA) is 23.5 Å². The van der Waals surface area contributed by atoms with E-state index in [1.165, 1.54) is 57.9 Å². The third kappa shape index (κ3) is 2.79. The molecule has 5 saturated carbocycles. The molecule has 4 bridgehead atoms. The SMILES string of the molecule is CC(C)CN(CC(O)C12CC3CC(CC(C3)C1)C2)C1CC1. The minimum Gasteiger partial charge on any atom is -0.391 e. The molecule has 0 aliphatic heterocycles. The summed E-state index contributed by atoms with van der Waals surface area (Å²) in [7, 11) is 0. The summed E-state index contributed by atoms with van der Waals surface area (Å²) < 4.78 is 0. The Bertz CT molecular complexity index is 352. The minimum absolute atomic E-state index is 0.0646. The molecule has 120 valence electrons. The van der Waals surface area contributed by atoms with E-state index in [4.69, 9.17) is 0 Å². The predicted molar refractivity (Wildman–Crippen MR) is 86.0 cm³/mol. The third-order valence-corrected chi connectivity index (χ3v) is 6.86. The summed E-state index contributed by atoms with van der Waals surface area (Å²) in [4.78, 5) is 2.62. The van der Waals surface area contributed by atoms with Gasteiger partial charge in [0.05, 0.1) is 6.10 Å². The van der Waals surface area contributed by atoms with Gasteiger partial charge in [-0.1, -0.05) is 13.8 Å². The molecule has 0 amide bonds. The average molecular weight is 291 g/mol. The van der Waals surface area contributed by atoms with Gasteiger partial charge in [-0.05, 0) is 80.5 Å². The minimum atomic E-state index is -0.0646. The zero-order chi connectivity index (χ0) is 14.6. The molecule has 0 aromatic heterocycles. The average Bonchev–Trinajstić information content (AvgIpc) is 3.19. The van der Waals surface area contributed by atoms with E-state index in [1.807, 2.05) is 0 Å². The van der Waals surface area contributed by atoms with Crippen molar-refractivity contribution in [1.82, 2.24) is 4.90 Å². The molecular formula is C19H33NO. The number of aliphatic hydroxyl groups excluding tert-OH is 1. The predicted octanol–water partition coefficient (Wildman–Crippen LogP) is 3.68. The second-order valence-electron chi connectivity index (χ2n) is 9.37. The molecule has 5 aliphatic rings. The Morgan fingerprint density at radius 3 is 1.90 bits per heavy atom. The van der Waals surface area contributed by atoms with Crippen molar-refractivity contribution in [3.05, 3.63) is 0 Å². The molecular weight excluding hydrogens is 258 g/mol. The first kappa shape index (κ1) is 14.5. The van der Waals surface area contributed by atoms with Crippen LogP contribution < -0.4 is 0 Å². The van der Waals surface area contributed by atoms with Crippen LogP contribution >= 0.6 is 0 Å². The van der Waals surface area contributed by atoms with Crippen molar-refractivity contribution in [2.45, 2.75) is 77.4 Å². The molecule has 21 heavy (non-hydrogen) atoms. The van der Waals surface area contributed by atoms with Gasteiger partial charge in [-0.15, -0.1) is 0 Å². The number of nitrogens with zero attached hydrogens (tertiary/aromatic N) is 1. The fourth-order valence-corrected chi connectivity index (χ4v) is 6.28. The van der Waals surface area contributed by atoms with Gasteiger partial charge in [-0.25, -0.2) is 0 Å². The Balaban J connectivity index is 1.45. The van der Waals surface area contributed by atoms with Gasteiger partial charge in [-0.3, -0.25) is 4.90 Å². The van der Waals surface area contributed by atoms with Gasteiger partial charge in [-0.2, -0.15) is 0 Å². The molecule has 2 nitrogen and oxygen atoms in total. The molecule has 0 aromatic carbocycles. The molecule has 1 unspecified atom stereocenters. The number of hydrogen-bond acceptors (Lipinski definition) is 2. The summed E-state index contributed by atoms with van der Waals surface area (Å²) in [6.07, 6.45) is 11.1. The molecule has 5 fully saturated rings. The van der Waals surface area contributed by atoms with Crippen LogP contribution in [0, 0.1) is 29.1 Å². The summed E-state index contributed by atoms with van der Waals surface area (Å²) in [5.41, 5.74) is 0.304. The van der Waals surface area contributed by atoms with Crippen molar-refractivity contribution < 1.29 is 5.11 Å². The van der Waals surface area contributed by atoms with Crippen LogP contribution in [0.15, 0.2) is 0 Å². The Morgan fingerprint density at radius 1 is 0.952 bits per heavy atom. The normalized spacial score (nSPS) is 43.0. The highest BCUT2D eigenvalue weighted by Crippen LogP contribution is 2.61. The van der Waals surface area contributed by atoms with Crippen molar-refractivity contribution in [3.8, 4) is 0 Å². The van der Waals surface area contributed by atoms with Crippen LogP contribution in [0.1, 0.15) is 65.2 Å². The van der Waals surface area contributed by atoms with E-state index < -0.39 is 0 Å². The summed E-state index contributed by atoms with van der Waals surface area (Å²) in [5.74, 6) is 3.57. The molecule has 0 saturated heterocycles. The molecule has 0 heterocycles. The lowest BCUT2D eigenvalue weighted by atomic mass is 9.48. The van der Waals surface area contributed by atoms with Crippen LogP contribution in [-0.2, 0) is 0 Å². The van der Waals surface area contributed by atoms with Crippen molar-refractivity contribution in [2.24, 2.45) is 29.1 Å². The molecule has 5 rings (SSSR count). The number of aliphatic hydroxyl groups is 1. The van der Waals surface area contributed by atoms with E-state index in [1.54, 1.807) is 0 Å².